The van der Waals surface area contributed by atoms with Gasteiger partial charge in [0.05, 0.1) is 0 Å². The first-order valence-corrected chi connectivity index (χ1v) is 6.51. The quantitative estimate of drug-likeness (QED) is 0.730. The van der Waals surface area contributed by atoms with Crippen molar-refractivity contribution in [3.05, 3.63) is 52.1 Å². The number of nitrogens with zero attached hydrogens (tertiary/aromatic N) is 2. The number of rotatable bonds is 1. The van der Waals surface area contributed by atoms with Crippen LogP contribution in [0.1, 0.15) is 5.56 Å². The van der Waals surface area contributed by atoms with E-state index in [0.29, 0.717) is 15.9 Å². The number of hydrogen-bond donors (Lipinski definition) is 1. The molecule has 0 aliphatic rings. The van der Waals surface area contributed by atoms with Gasteiger partial charge in [0, 0.05) is 27.9 Å². The van der Waals surface area contributed by atoms with Gasteiger partial charge in [-0.1, -0.05) is 29.3 Å². The Labute approximate surface area is 120 Å². The van der Waals surface area contributed by atoms with Gasteiger partial charge in [-0.25, -0.2) is 4.98 Å². The number of fused-ring (bicyclic) bond motifs is 1. The molecule has 1 aromatic carbocycles. The number of anilines is 1. The molecule has 0 atom stereocenters. The van der Waals surface area contributed by atoms with E-state index in [1.165, 1.54) is 0 Å². The molecule has 5 heteroatoms. The lowest BCUT2D eigenvalue weighted by molar-refractivity contribution is 1.20. The van der Waals surface area contributed by atoms with Crippen LogP contribution in [0.5, 0.6) is 0 Å². The van der Waals surface area contributed by atoms with E-state index >= 15 is 0 Å². The molecule has 3 aromatic rings. The van der Waals surface area contributed by atoms with Crippen LogP contribution in [0.2, 0.25) is 10.0 Å². The maximum absolute atomic E-state index is 6.15. The Hall–Kier alpha value is -1.71. The van der Waals surface area contributed by atoms with Crippen LogP contribution >= 0.6 is 23.2 Å². The molecular formula is C14H11Cl2N3. The molecule has 2 heterocycles. The van der Waals surface area contributed by atoms with Gasteiger partial charge in [-0.3, -0.25) is 4.40 Å². The number of nitrogens with two attached hydrogens (primary N) is 1. The van der Waals surface area contributed by atoms with E-state index in [-0.39, 0.29) is 0 Å². The molecule has 0 saturated carbocycles. The van der Waals surface area contributed by atoms with E-state index in [0.717, 1.165) is 22.5 Å². The van der Waals surface area contributed by atoms with Crippen LogP contribution in [-0.4, -0.2) is 9.38 Å². The van der Waals surface area contributed by atoms with E-state index in [9.17, 15) is 0 Å². The van der Waals surface area contributed by atoms with Gasteiger partial charge >= 0.3 is 0 Å². The summed E-state index contributed by atoms with van der Waals surface area (Å²) >= 11 is 12.0. The summed E-state index contributed by atoms with van der Waals surface area (Å²) in [7, 11) is 0. The molecule has 3 rings (SSSR count). The highest BCUT2D eigenvalue weighted by molar-refractivity contribution is 6.31. The SMILES string of the molecule is Cc1ccc(Cl)cc1-c1nc2cc(Cl)ccn2c1N. The third-order valence-electron chi connectivity index (χ3n) is 3.08. The molecular weight excluding hydrogens is 281 g/mol. The highest BCUT2D eigenvalue weighted by atomic mass is 35.5. The van der Waals surface area contributed by atoms with Gasteiger partial charge in [0.15, 0.2) is 0 Å². The summed E-state index contributed by atoms with van der Waals surface area (Å²) in [6.45, 7) is 2.00. The van der Waals surface area contributed by atoms with Gasteiger partial charge in [0.25, 0.3) is 0 Å². The third kappa shape index (κ3) is 2.05. The van der Waals surface area contributed by atoms with Crippen molar-refractivity contribution in [2.75, 3.05) is 5.73 Å². The van der Waals surface area contributed by atoms with Crippen molar-refractivity contribution in [2.24, 2.45) is 0 Å². The largest absolute Gasteiger partial charge is 0.383 e. The summed E-state index contributed by atoms with van der Waals surface area (Å²) in [5, 5.41) is 1.29. The smallest absolute Gasteiger partial charge is 0.140 e. The first-order valence-electron chi connectivity index (χ1n) is 5.76. The van der Waals surface area contributed by atoms with Crippen molar-refractivity contribution >= 4 is 34.7 Å². The summed E-state index contributed by atoms with van der Waals surface area (Å²) in [5.74, 6) is 0.581. The molecule has 0 amide bonds. The van der Waals surface area contributed by atoms with Crippen LogP contribution in [0.3, 0.4) is 0 Å². The van der Waals surface area contributed by atoms with Gasteiger partial charge in [0.2, 0.25) is 0 Å². The first kappa shape index (κ1) is 12.3. The molecule has 96 valence electrons. The lowest BCUT2D eigenvalue weighted by Crippen LogP contribution is -1.94. The fourth-order valence-electron chi connectivity index (χ4n) is 2.09. The molecule has 19 heavy (non-hydrogen) atoms. The van der Waals surface area contributed by atoms with Crippen LogP contribution in [0.4, 0.5) is 5.82 Å². The molecule has 0 aliphatic heterocycles. The summed E-state index contributed by atoms with van der Waals surface area (Å²) in [6, 6.07) is 9.23. The predicted octanol–water partition coefficient (Wildman–Crippen LogP) is 4.20. The van der Waals surface area contributed by atoms with Gasteiger partial charge < -0.3 is 5.73 Å². The summed E-state index contributed by atoms with van der Waals surface area (Å²) in [6.07, 6.45) is 1.81. The second-order valence-electron chi connectivity index (χ2n) is 4.38. The van der Waals surface area contributed by atoms with Crippen molar-refractivity contribution in [1.29, 1.82) is 0 Å². The Morgan fingerprint density at radius 2 is 1.84 bits per heavy atom. The molecule has 0 unspecified atom stereocenters. The van der Waals surface area contributed by atoms with Crippen LogP contribution in [-0.2, 0) is 0 Å². The van der Waals surface area contributed by atoms with E-state index in [1.807, 2.05) is 35.7 Å². The minimum atomic E-state index is 0.581. The van der Waals surface area contributed by atoms with Crippen molar-refractivity contribution in [3.8, 4) is 11.3 Å². The first-order chi connectivity index (χ1) is 9.06. The number of benzene rings is 1. The van der Waals surface area contributed by atoms with Gasteiger partial charge in [-0.2, -0.15) is 0 Å². The van der Waals surface area contributed by atoms with Crippen molar-refractivity contribution in [3.63, 3.8) is 0 Å². The topological polar surface area (TPSA) is 43.3 Å². The zero-order chi connectivity index (χ0) is 13.6. The van der Waals surface area contributed by atoms with E-state index in [1.54, 1.807) is 12.1 Å². The molecule has 2 N–H and O–H groups in total. The molecule has 3 nitrogen and oxygen atoms in total. The average molecular weight is 292 g/mol. The fraction of sp³-hybridized carbons (Fsp3) is 0.0714. The molecule has 2 aromatic heterocycles. The van der Waals surface area contributed by atoms with Crippen molar-refractivity contribution < 1.29 is 0 Å². The number of aromatic nitrogens is 2. The van der Waals surface area contributed by atoms with Crippen LogP contribution in [0.25, 0.3) is 16.9 Å². The number of halogens is 2. The zero-order valence-electron chi connectivity index (χ0n) is 10.2. The van der Waals surface area contributed by atoms with E-state index in [2.05, 4.69) is 4.98 Å². The lowest BCUT2D eigenvalue weighted by Gasteiger charge is -2.04. The molecule has 0 saturated heterocycles. The van der Waals surface area contributed by atoms with E-state index < -0.39 is 0 Å². The summed E-state index contributed by atoms with van der Waals surface area (Å²) < 4.78 is 1.81. The monoisotopic (exact) mass is 291 g/mol. The van der Waals surface area contributed by atoms with Gasteiger partial charge in [-0.05, 0) is 30.7 Å². The second-order valence-corrected chi connectivity index (χ2v) is 5.25. The highest BCUT2D eigenvalue weighted by Crippen LogP contribution is 2.31. The summed E-state index contributed by atoms with van der Waals surface area (Å²) in [5.41, 5.74) is 9.61. The molecule has 0 bridgehead atoms. The minimum absolute atomic E-state index is 0.581. The number of pyridine rings is 1. The minimum Gasteiger partial charge on any atom is -0.383 e. The van der Waals surface area contributed by atoms with E-state index in [4.69, 9.17) is 28.9 Å². The van der Waals surface area contributed by atoms with Gasteiger partial charge in [0.1, 0.15) is 17.2 Å². The molecule has 0 fully saturated rings. The summed E-state index contributed by atoms with van der Waals surface area (Å²) in [4.78, 5) is 4.54. The molecule has 0 radical (unpaired) electrons. The van der Waals surface area contributed by atoms with Crippen LogP contribution < -0.4 is 5.73 Å². The Balaban J connectivity index is 2.30. The fourth-order valence-corrected chi connectivity index (χ4v) is 2.41. The maximum Gasteiger partial charge on any atom is 0.140 e. The van der Waals surface area contributed by atoms with Crippen molar-refractivity contribution in [2.45, 2.75) is 6.92 Å². The predicted molar refractivity (Wildman–Crippen MR) is 79.8 cm³/mol. The number of hydrogen-bond acceptors (Lipinski definition) is 2. The third-order valence-corrected chi connectivity index (χ3v) is 3.55. The Bertz CT molecular complexity index is 778. The van der Waals surface area contributed by atoms with Crippen molar-refractivity contribution in [1.82, 2.24) is 9.38 Å². The lowest BCUT2D eigenvalue weighted by atomic mass is 10.1. The number of aryl methyl sites for hydroxylation is 1. The average Bonchev–Trinajstić information content (AvgIpc) is 2.69. The number of nitrogen functional groups attached to an aromatic ring is 1. The van der Waals surface area contributed by atoms with Crippen LogP contribution in [0.15, 0.2) is 36.5 Å². The van der Waals surface area contributed by atoms with Gasteiger partial charge in [-0.15, -0.1) is 0 Å². The Morgan fingerprint density at radius 1 is 1.11 bits per heavy atom. The maximum atomic E-state index is 6.15. The standard InChI is InChI=1S/C14H11Cl2N3/c1-8-2-3-9(15)6-11(8)13-14(17)19-5-4-10(16)7-12(19)18-13/h2-7H,17H2,1H3. The normalized spacial score (nSPS) is 11.1. The zero-order valence-corrected chi connectivity index (χ0v) is 11.7. The highest BCUT2D eigenvalue weighted by Gasteiger charge is 2.13. The Kier molecular flexibility index (Phi) is 2.88. The molecule has 0 aliphatic carbocycles. The number of imidazole rings is 1. The van der Waals surface area contributed by atoms with Crippen LogP contribution in [0, 0.1) is 6.92 Å². The Morgan fingerprint density at radius 3 is 2.63 bits per heavy atom. The second kappa shape index (κ2) is 4.44. The molecule has 0 spiro atoms.